The summed E-state index contributed by atoms with van der Waals surface area (Å²) in [6, 6.07) is -1.52. The van der Waals surface area contributed by atoms with Crippen LogP contribution < -0.4 is 5.73 Å². The summed E-state index contributed by atoms with van der Waals surface area (Å²) in [5.41, 5.74) is 5.33. The summed E-state index contributed by atoms with van der Waals surface area (Å²) in [4.78, 5) is 45.8. The second-order valence-electron chi connectivity index (χ2n) is 14.5. The summed E-state index contributed by atoms with van der Waals surface area (Å²) in [5.74, 6) is -2.36. The molecule has 0 saturated carbocycles. The summed E-state index contributed by atoms with van der Waals surface area (Å²) < 4.78 is 32.6. The summed E-state index contributed by atoms with van der Waals surface area (Å²) in [7, 11) is -4.70. The fourth-order valence-corrected chi connectivity index (χ4v) is 6.79. The number of unbranched alkanes of at least 4 members (excludes halogenated alkanes) is 26. The van der Waals surface area contributed by atoms with E-state index in [-0.39, 0.29) is 19.4 Å². The maximum atomic E-state index is 12.6. The van der Waals surface area contributed by atoms with Crippen LogP contribution in [0.4, 0.5) is 0 Å². The van der Waals surface area contributed by atoms with Gasteiger partial charge in [0.2, 0.25) is 0 Å². The lowest BCUT2D eigenvalue weighted by Gasteiger charge is -2.20. The summed E-state index contributed by atoms with van der Waals surface area (Å²) in [6.07, 6.45) is 33.0. The molecule has 52 heavy (non-hydrogen) atoms. The molecule has 0 spiro atoms. The standard InChI is InChI=1S/C40H78NO10P/c1-3-5-7-9-11-13-15-17-18-20-22-24-26-28-30-32-39(43)51-36(34-49-52(46,47)50-35-37(41)40(44)45)33-48-38(42)31-29-27-25-23-21-19-16-14-12-10-8-6-4-2/h36-37H,3-35,41H2,1-2H3,(H,44,45)(H,46,47)/t36-,37+/m1/s1. The third-order valence-corrected chi connectivity index (χ3v) is 10.3. The van der Waals surface area contributed by atoms with Crippen LogP contribution in [0.15, 0.2) is 0 Å². The van der Waals surface area contributed by atoms with E-state index < -0.39 is 51.1 Å². The average molecular weight is 764 g/mol. The van der Waals surface area contributed by atoms with Crippen molar-refractivity contribution in [1.29, 1.82) is 0 Å². The molecule has 0 saturated heterocycles. The summed E-state index contributed by atoms with van der Waals surface area (Å²) in [6.45, 7) is 2.82. The number of nitrogens with two attached hydrogens (primary N) is 1. The van der Waals surface area contributed by atoms with Gasteiger partial charge in [0.25, 0.3) is 0 Å². The molecule has 0 aromatic rings. The molecule has 0 amide bonds. The van der Waals surface area contributed by atoms with Crippen molar-refractivity contribution in [2.75, 3.05) is 19.8 Å². The minimum Gasteiger partial charge on any atom is -0.480 e. The lowest BCUT2D eigenvalue weighted by Crippen LogP contribution is -2.34. The number of hydrogen-bond donors (Lipinski definition) is 3. The molecule has 3 atom stereocenters. The molecule has 0 aliphatic carbocycles. The van der Waals surface area contributed by atoms with Gasteiger partial charge in [0.1, 0.15) is 12.6 Å². The largest absolute Gasteiger partial charge is 0.480 e. The molecule has 0 bridgehead atoms. The van der Waals surface area contributed by atoms with Gasteiger partial charge in [-0.3, -0.25) is 23.4 Å². The van der Waals surface area contributed by atoms with Gasteiger partial charge in [-0.05, 0) is 12.8 Å². The third-order valence-electron chi connectivity index (χ3n) is 9.36. The Bertz CT molecular complexity index is 906. The van der Waals surface area contributed by atoms with Crippen molar-refractivity contribution in [1.82, 2.24) is 0 Å². The first-order valence-electron chi connectivity index (χ1n) is 21.1. The molecule has 0 heterocycles. The predicted octanol–water partition coefficient (Wildman–Crippen LogP) is 10.7. The number of carbonyl (C=O) groups is 3. The summed E-state index contributed by atoms with van der Waals surface area (Å²) in [5, 5.41) is 8.87. The highest BCUT2D eigenvalue weighted by Gasteiger charge is 2.28. The predicted molar refractivity (Wildman–Crippen MR) is 208 cm³/mol. The van der Waals surface area contributed by atoms with Crippen molar-refractivity contribution in [3.05, 3.63) is 0 Å². The average Bonchev–Trinajstić information content (AvgIpc) is 3.12. The van der Waals surface area contributed by atoms with Crippen LogP contribution in [-0.4, -0.2) is 59.9 Å². The second kappa shape index (κ2) is 36.5. The molecule has 0 radical (unpaired) electrons. The molecule has 308 valence electrons. The Morgan fingerprint density at radius 3 is 1.21 bits per heavy atom. The molecule has 0 aliphatic rings. The number of carboxylic acids is 1. The van der Waals surface area contributed by atoms with E-state index in [9.17, 15) is 23.8 Å². The van der Waals surface area contributed by atoms with Gasteiger partial charge in [0.15, 0.2) is 6.10 Å². The number of phosphoric ester groups is 1. The van der Waals surface area contributed by atoms with E-state index in [1.165, 1.54) is 128 Å². The van der Waals surface area contributed by atoms with Crippen molar-refractivity contribution >= 4 is 25.7 Å². The first-order chi connectivity index (χ1) is 25.1. The normalized spacial score (nSPS) is 13.8. The third kappa shape index (κ3) is 35.5. The van der Waals surface area contributed by atoms with Crippen LogP contribution in [0, 0.1) is 0 Å². The van der Waals surface area contributed by atoms with Gasteiger partial charge < -0.3 is 25.2 Å². The molecule has 1 unspecified atom stereocenters. The van der Waals surface area contributed by atoms with Crippen LogP contribution in [0.2, 0.25) is 0 Å². The Hall–Kier alpha value is -1.52. The number of aliphatic carboxylic acids is 1. The first-order valence-corrected chi connectivity index (χ1v) is 22.6. The summed E-state index contributed by atoms with van der Waals surface area (Å²) >= 11 is 0. The molecule has 0 aromatic heterocycles. The maximum Gasteiger partial charge on any atom is 0.472 e. The molecule has 11 nitrogen and oxygen atoms in total. The number of carboxylic acid groups (broad SMARTS) is 1. The quantitative estimate of drug-likeness (QED) is 0.0308. The molecule has 0 fully saturated rings. The SMILES string of the molecule is CCCCCCCCCCCCCCCCCC(=O)O[C@H](COC(=O)CCCCCCCCCCCCCCC)COP(=O)(O)OC[C@H](N)C(=O)O. The van der Waals surface area contributed by atoms with Gasteiger partial charge in [0, 0.05) is 12.8 Å². The maximum absolute atomic E-state index is 12.6. The number of rotatable bonds is 40. The van der Waals surface area contributed by atoms with Crippen LogP contribution in [-0.2, 0) is 37.5 Å². The van der Waals surface area contributed by atoms with E-state index in [0.29, 0.717) is 12.8 Å². The first kappa shape index (κ1) is 50.5. The molecule has 4 N–H and O–H groups in total. The van der Waals surface area contributed by atoms with E-state index in [2.05, 4.69) is 18.4 Å². The highest BCUT2D eigenvalue weighted by Crippen LogP contribution is 2.43. The lowest BCUT2D eigenvalue weighted by atomic mass is 10.0. The fraction of sp³-hybridized carbons (Fsp3) is 0.925. The molecular formula is C40H78NO10P. The zero-order chi connectivity index (χ0) is 38.5. The molecule has 0 aromatic carbocycles. The monoisotopic (exact) mass is 764 g/mol. The van der Waals surface area contributed by atoms with Gasteiger partial charge >= 0.3 is 25.7 Å². The second-order valence-corrected chi connectivity index (χ2v) is 15.9. The van der Waals surface area contributed by atoms with E-state index >= 15 is 0 Å². The fourth-order valence-electron chi connectivity index (χ4n) is 6.01. The minimum absolute atomic E-state index is 0.169. The van der Waals surface area contributed by atoms with Crippen molar-refractivity contribution in [2.24, 2.45) is 5.73 Å². The Labute approximate surface area is 316 Å². The van der Waals surface area contributed by atoms with Gasteiger partial charge in [0.05, 0.1) is 13.2 Å². The number of carbonyl (C=O) groups excluding carboxylic acids is 2. The van der Waals surface area contributed by atoms with Crippen molar-refractivity contribution in [3.63, 3.8) is 0 Å². The number of hydrogen-bond acceptors (Lipinski definition) is 9. The van der Waals surface area contributed by atoms with E-state index in [0.717, 1.165) is 38.5 Å². The van der Waals surface area contributed by atoms with E-state index in [1.54, 1.807) is 0 Å². The molecule has 0 rings (SSSR count). The molecule has 0 aliphatic heterocycles. The highest BCUT2D eigenvalue weighted by molar-refractivity contribution is 7.47. The highest BCUT2D eigenvalue weighted by atomic mass is 31.2. The van der Waals surface area contributed by atoms with Crippen molar-refractivity contribution < 1.29 is 47.5 Å². The topological polar surface area (TPSA) is 172 Å². The molecular weight excluding hydrogens is 685 g/mol. The Morgan fingerprint density at radius 2 is 0.846 bits per heavy atom. The Kier molecular flexibility index (Phi) is 35.4. The number of ether oxygens (including phenoxy) is 2. The van der Waals surface area contributed by atoms with Gasteiger partial charge in [-0.25, -0.2) is 4.57 Å². The van der Waals surface area contributed by atoms with Gasteiger partial charge in [-0.15, -0.1) is 0 Å². The van der Waals surface area contributed by atoms with Crippen LogP contribution in [0.1, 0.15) is 206 Å². The zero-order valence-electron chi connectivity index (χ0n) is 33.2. The number of esters is 2. The van der Waals surface area contributed by atoms with Crippen LogP contribution in [0.3, 0.4) is 0 Å². The zero-order valence-corrected chi connectivity index (χ0v) is 34.1. The Balaban J connectivity index is 4.35. The smallest absolute Gasteiger partial charge is 0.472 e. The lowest BCUT2D eigenvalue weighted by molar-refractivity contribution is -0.161. The van der Waals surface area contributed by atoms with Crippen molar-refractivity contribution in [2.45, 2.75) is 219 Å². The van der Waals surface area contributed by atoms with Crippen LogP contribution >= 0.6 is 7.82 Å². The van der Waals surface area contributed by atoms with E-state index in [4.69, 9.17) is 24.8 Å². The minimum atomic E-state index is -4.70. The number of phosphoric acid groups is 1. The van der Waals surface area contributed by atoms with Crippen molar-refractivity contribution in [3.8, 4) is 0 Å². The van der Waals surface area contributed by atoms with E-state index in [1.807, 2.05) is 0 Å². The van der Waals surface area contributed by atoms with Gasteiger partial charge in [-0.1, -0.05) is 181 Å². The van der Waals surface area contributed by atoms with Crippen LogP contribution in [0.5, 0.6) is 0 Å². The van der Waals surface area contributed by atoms with Gasteiger partial charge in [-0.2, -0.15) is 0 Å². The molecule has 12 heteroatoms. The van der Waals surface area contributed by atoms with Crippen LogP contribution in [0.25, 0.3) is 0 Å². The Morgan fingerprint density at radius 1 is 0.519 bits per heavy atom.